The van der Waals surface area contributed by atoms with Crippen LogP contribution in [0, 0.1) is 30.6 Å². The summed E-state index contributed by atoms with van der Waals surface area (Å²) in [6, 6.07) is 19.2. The van der Waals surface area contributed by atoms with Crippen molar-refractivity contribution in [1.29, 1.82) is 0 Å². The summed E-state index contributed by atoms with van der Waals surface area (Å²) < 4.78 is 29.6. The Morgan fingerprint density at radius 2 is 1.55 bits per heavy atom. The number of nitrogens with one attached hydrogen (secondary N) is 2. The van der Waals surface area contributed by atoms with Gasteiger partial charge in [-0.25, -0.2) is 5.48 Å². The average Bonchev–Trinajstić information content (AvgIpc) is 3.02. The number of pyridine rings is 1. The van der Waals surface area contributed by atoms with Gasteiger partial charge in [0.05, 0.1) is 23.2 Å². The van der Waals surface area contributed by atoms with Crippen LogP contribution >= 0.6 is 0 Å². The van der Waals surface area contributed by atoms with Crippen LogP contribution in [-0.2, 0) is 30.9 Å². The first-order valence-corrected chi connectivity index (χ1v) is 16.8. The molecule has 3 rings (SSSR count). The molecule has 0 fully saturated rings. The first kappa shape index (κ1) is 38.8. The minimum Gasteiger partial charge on any atom is -0.289 e. The number of benzene rings is 2. The van der Waals surface area contributed by atoms with Crippen molar-refractivity contribution in [3.63, 3.8) is 0 Å². The number of hydrogen-bond donors (Lipinski definition) is 4. The summed E-state index contributed by atoms with van der Waals surface area (Å²) in [6.07, 6.45) is 7.72. The van der Waals surface area contributed by atoms with E-state index in [1.54, 1.807) is 36.1 Å². The molecule has 0 saturated heterocycles. The third-order valence-corrected chi connectivity index (χ3v) is 7.85. The van der Waals surface area contributed by atoms with Crippen molar-refractivity contribution in [2.45, 2.75) is 58.8 Å². The monoisotopic (exact) mass is 666 g/mol. The summed E-state index contributed by atoms with van der Waals surface area (Å²) in [5, 5.41) is 10.7. The predicted molar refractivity (Wildman–Crippen MR) is 180 cm³/mol. The SMILES string of the molecule is CC(C)C[C@@H](C(=O)NN(CC(C)C)C(=O)Cc1cccnc1)[C@H](C/C=C/c1ccccc1)C(=O)NO.Cc1ccc(S(=O)(=O)O)cc1. The number of hydrogen-bond acceptors (Lipinski definition) is 7. The lowest BCUT2D eigenvalue weighted by Crippen LogP contribution is -2.52. The maximum Gasteiger partial charge on any atom is 0.294 e. The van der Waals surface area contributed by atoms with E-state index in [1.807, 2.05) is 83.2 Å². The van der Waals surface area contributed by atoms with Crippen molar-refractivity contribution in [2.24, 2.45) is 23.7 Å². The second-order valence-electron chi connectivity index (χ2n) is 12.1. The number of hydrazine groups is 1. The molecule has 0 unspecified atom stereocenters. The third-order valence-electron chi connectivity index (χ3n) is 6.99. The molecule has 1 heterocycles. The Bertz CT molecular complexity index is 1550. The summed E-state index contributed by atoms with van der Waals surface area (Å²) in [7, 11) is -4.02. The van der Waals surface area contributed by atoms with Crippen molar-refractivity contribution in [1.82, 2.24) is 20.9 Å². The zero-order valence-corrected chi connectivity index (χ0v) is 28.4. The highest BCUT2D eigenvalue weighted by Crippen LogP contribution is 2.26. The molecule has 0 radical (unpaired) electrons. The molecule has 47 heavy (non-hydrogen) atoms. The van der Waals surface area contributed by atoms with Gasteiger partial charge in [0.15, 0.2) is 0 Å². The molecule has 2 aromatic carbocycles. The van der Waals surface area contributed by atoms with Gasteiger partial charge in [0.2, 0.25) is 17.7 Å². The standard InChI is InChI=1S/C28H38N4O4.C7H8O3S/c1-20(2)16-25(24(28(35)31-36)14-8-12-22-10-6-5-7-11-22)27(34)30-32(19-21(3)4)26(33)17-23-13-9-15-29-18-23;1-6-2-4-7(5-3-6)11(8,9)10/h5-13,15,18,20-21,24-25,36H,14,16-17,19H2,1-4H3,(H,30,34)(H,31,35);2-5H,1H3,(H,8,9,10)/b12-8+;/t24-,25+;/m0./s1. The summed E-state index contributed by atoms with van der Waals surface area (Å²) in [6.45, 7) is 10.0. The van der Waals surface area contributed by atoms with Gasteiger partial charge in [-0.05, 0) is 60.9 Å². The molecule has 2 atom stereocenters. The molecule has 3 amide bonds. The van der Waals surface area contributed by atoms with Crippen LogP contribution in [0.3, 0.4) is 0 Å². The van der Waals surface area contributed by atoms with Crippen LogP contribution in [0.25, 0.3) is 6.08 Å². The highest BCUT2D eigenvalue weighted by atomic mass is 32.2. The van der Waals surface area contributed by atoms with Crippen LogP contribution in [0.2, 0.25) is 0 Å². The van der Waals surface area contributed by atoms with Crippen LogP contribution in [0.4, 0.5) is 0 Å². The maximum absolute atomic E-state index is 13.5. The fourth-order valence-corrected chi connectivity index (χ4v) is 5.17. The molecular formula is C35H46N4O7S. The quantitative estimate of drug-likeness (QED) is 0.109. The zero-order valence-electron chi connectivity index (χ0n) is 27.5. The van der Waals surface area contributed by atoms with Crippen molar-refractivity contribution in [2.75, 3.05) is 6.54 Å². The largest absolute Gasteiger partial charge is 0.294 e. The minimum atomic E-state index is -4.02. The highest BCUT2D eigenvalue weighted by molar-refractivity contribution is 7.85. The molecule has 0 aliphatic heterocycles. The van der Waals surface area contributed by atoms with E-state index in [0.29, 0.717) is 13.0 Å². The number of aryl methyl sites for hydroxylation is 1. The van der Waals surface area contributed by atoms with Gasteiger partial charge in [-0.2, -0.15) is 8.42 Å². The zero-order chi connectivity index (χ0) is 35.0. The number of aromatic nitrogens is 1. The highest BCUT2D eigenvalue weighted by Gasteiger charge is 2.35. The van der Waals surface area contributed by atoms with E-state index >= 15 is 0 Å². The van der Waals surface area contributed by atoms with Gasteiger partial charge in [-0.3, -0.25) is 39.6 Å². The number of hydroxylamine groups is 1. The molecule has 0 aliphatic rings. The van der Waals surface area contributed by atoms with E-state index < -0.39 is 33.8 Å². The lowest BCUT2D eigenvalue weighted by Gasteiger charge is -2.30. The number of nitrogens with zero attached hydrogens (tertiary/aromatic N) is 2. The molecular weight excluding hydrogens is 620 g/mol. The average molecular weight is 667 g/mol. The summed E-state index contributed by atoms with van der Waals surface area (Å²) >= 11 is 0. The molecule has 254 valence electrons. The van der Waals surface area contributed by atoms with Gasteiger partial charge >= 0.3 is 0 Å². The van der Waals surface area contributed by atoms with Crippen molar-refractivity contribution in [3.05, 3.63) is 102 Å². The van der Waals surface area contributed by atoms with Crippen molar-refractivity contribution >= 4 is 33.9 Å². The number of carbonyl (C=O) groups excluding carboxylic acids is 3. The normalized spacial score (nSPS) is 12.6. The van der Waals surface area contributed by atoms with Gasteiger partial charge in [0, 0.05) is 18.9 Å². The maximum atomic E-state index is 13.5. The molecule has 0 bridgehead atoms. The van der Waals surface area contributed by atoms with Crippen LogP contribution in [-0.4, -0.2) is 52.4 Å². The van der Waals surface area contributed by atoms with E-state index in [4.69, 9.17) is 4.55 Å². The van der Waals surface area contributed by atoms with Crippen LogP contribution < -0.4 is 10.9 Å². The first-order valence-electron chi connectivity index (χ1n) is 15.4. The summed E-state index contributed by atoms with van der Waals surface area (Å²) in [5.41, 5.74) is 7.17. The molecule has 11 nitrogen and oxygen atoms in total. The van der Waals surface area contributed by atoms with Gasteiger partial charge in [0.1, 0.15) is 0 Å². The number of carbonyl (C=O) groups is 3. The van der Waals surface area contributed by atoms with Crippen LogP contribution in [0.1, 0.15) is 57.2 Å². The fraction of sp³-hybridized carbons (Fsp3) is 0.371. The molecule has 0 saturated carbocycles. The number of amides is 3. The lowest BCUT2D eigenvalue weighted by atomic mass is 9.82. The number of allylic oxidation sites excluding steroid dienone is 1. The minimum absolute atomic E-state index is 0.0666. The smallest absolute Gasteiger partial charge is 0.289 e. The van der Waals surface area contributed by atoms with Gasteiger partial charge in [-0.1, -0.05) is 93.9 Å². The van der Waals surface area contributed by atoms with E-state index in [-0.39, 0.29) is 35.5 Å². The second kappa shape index (κ2) is 19.3. The van der Waals surface area contributed by atoms with E-state index in [9.17, 15) is 28.0 Å². The van der Waals surface area contributed by atoms with Crippen molar-refractivity contribution < 1.29 is 32.6 Å². The van der Waals surface area contributed by atoms with Crippen LogP contribution in [0.5, 0.6) is 0 Å². The first-order chi connectivity index (χ1) is 22.2. The Morgan fingerprint density at radius 1 is 0.894 bits per heavy atom. The van der Waals surface area contributed by atoms with Gasteiger partial charge < -0.3 is 0 Å². The topological polar surface area (TPSA) is 166 Å². The molecule has 0 spiro atoms. The summed E-state index contributed by atoms with van der Waals surface area (Å²) in [5.74, 6) is -2.67. The van der Waals surface area contributed by atoms with E-state index in [0.717, 1.165) is 16.7 Å². The van der Waals surface area contributed by atoms with E-state index in [2.05, 4.69) is 10.4 Å². The third kappa shape index (κ3) is 14.3. The van der Waals surface area contributed by atoms with Crippen LogP contribution in [0.15, 0.2) is 90.1 Å². The Morgan fingerprint density at radius 3 is 2.09 bits per heavy atom. The van der Waals surface area contributed by atoms with Crippen molar-refractivity contribution in [3.8, 4) is 0 Å². The fourth-order valence-electron chi connectivity index (χ4n) is 4.69. The molecule has 4 N–H and O–H groups in total. The lowest BCUT2D eigenvalue weighted by molar-refractivity contribution is -0.147. The molecule has 0 aliphatic carbocycles. The predicted octanol–water partition coefficient (Wildman–Crippen LogP) is 5.27. The van der Waals surface area contributed by atoms with E-state index in [1.165, 1.54) is 17.1 Å². The Kier molecular flexibility index (Phi) is 15.9. The van der Waals surface area contributed by atoms with Gasteiger partial charge in [0.25, 0.3) is 10.1 Å². The molecule has 1 aromatic heterocycles. The second-order valence-corrected chi connectivity index (χ2v) is 13.5. The Labute approximate surface area is 277 Å². The molecule has 12 heteroatoms. The Balaban J connectivity index is 0.000000587. The molecule has 3 aromatic rings. The van der Waals surface area contributed by atoms with Gasteiger partial charge in [-0.15, -0.1) is 0 Å². The summed E-state index contributed by atoms with van der Waals surface area (Å²) in [4.78, 5) is 43.2. The Hall–Kier alpha value is -4.39. The number of rotatable bonds is 13.